The number of cyclic esters (lactones) is 1. The van der Waals surface area contributed by atoms with E-state index in [0.717, 1.165) is 13.1 Å². The van der Waals surface area contributed by atoms with E-state index in [2.05, 4.69) is 10.2 Å². The van der Waals surface area contributed by atoms with Gasteiger partial charge in [-0.05, 0) is 31.0 Å². The van der Waals surface area contributed by atoms with Gasteiger partial charge in [-0.25, -0.2) is 9.18 Å². The van der Waals surface area contributed by atoms with E-state index in [1.54, 1.807) is 12.1 Å². The number of halogens is 1. The van der Waals surface area contributed by atoms with Gasteiger partial charge in [0.2, 0.25) is 5.91 Å². The summed E-state index contributed by atoms with van der Waals surface area (Å²) in [5, 5.41) is 3.80. The molecule has 0 saturated carbocycles. The highest BCUT2D eigenvalue weighted by atomic mass is 32.2. The van der Waals surface area contributed by atoms with Gasteiger partial charge in [0, 0.05) is 30.5 Å². The van der Waals surface area contributed by atoms with Gasteiger partial charge in [0.25, 0.3) is 0 Å². The van der Waals surface area contributed by atoms with Crippen molar-refractivity contribution in [3.05, 3.63) is 24.0 Å². The number of anilines is 2. The monoisotopic (exact) mass is 393 g/mol. The quantitative estimate of drug-likeness (QED) is 0.852. The number of fused-ring (bicyclic) bond motifs is 2. The average molecular weight is 393 g/mol. The number of benzene rings is 1. The zero-order valence-electron chi connectivity index (χ0n) is 15.3. The van der Waals surface area contributed by atoms with Crippen LogP contribution in [0.3, 0.4) is 0 Å². The van der Waals surface area contributed by atoms with Crippen LogP contribution in [0.25, 0.3) is 0 Å². The predicted octanol–water partition coefficient (Wildman–Crippen LogP) is 2.76. The molecule has 8 heteroatoms. The molecular weight excluding hydrogens is 369 g/mol. The first-order chi connectivity index (χ1) is 13.0. The zero-order valence-corrected chi connectivity index (χ0v) is 16.1. The van der Waals surface area contributed by atoms with Crippen LogP contribution >= 0.6 is 11.8 Å². The van der Waals surface area contributed by atoms with Gasteiger partial charge < -0.3 is 15.0 Å². The smallest absolute Gasteiger partial charge is 0.414 e. The van der Waals surface area contributed by atoms with Crippen molar-refractivity contribution in [2.24, 2.45) is 0 Å². The molecule has 0 aliphatic carbocycles. The Morgan fingerprint density at radius 3 is 2.70 bits per heavy atom. The molecule has 146 valence electrons. The van der Waals surface area contributed by atoms with E-state index in [9.17, 15) is 14.0 Å². The number of rotatable bonds is 4. The second-order valence-electron chi connectivity index (χ2n) is 7.41. The first-order valence-corrected chi connectivity index (χ1v) is 10.4. The van der Waals surface area contributed by atoms with Crippen molar-refractivity contribution in [2.75, 3.05) is 36.0 Å². The summed E-state index contributed by atoms with van der Waals surface area (Å²) in [5.41, 5.74) is 1.09. The minimum atomic E-state index is -0.513. The lowest BCUT2D eigenvalue weighted by molar-refractivity contribution is -0.119. The molecule has 2 amide bonds. The van der Waals surface area contributed by atoms with E-state index >= 15 is 0 Å². The van der Waals surface area contributed by atoms with Gasteiger partial charge in [-0.1, -0.05) is 6.42 Å². The molecular formula is C19H24FN3O3S. The van der Waals surface area contributed by atoms with Gasteiger partial charge in [0.05, 0.1) is 24.5 Å². The van der Waals surface area contributed by atoms with Crippen molar-refractivity contribution in [3.8, 4) is 0 Å². The molecule has 6 nitrogen and oxygen atoms in total. The van der Waals surface area contributed by atoms with Crippen molar-refractivity contribution in [1.82, 2.24) is 5.32 Å². The highest BCUT2D eigenvalue weighted by molar-refractivity contribution is 8.00. The summed E-state index contributed by atoms with van der Waals surface area (Å²) >= 11 is 2.04. The van der Waals surface area contributed by atoms with E-state index in [0.29, 0.717) is 28.4 Å². The van der Waals surface area contributed by atoms with Gasteiger partial charge in [0.15, 0.2) is 0 Å². The molecule has 2 unspecified atom stereocenters. The van der Waals surface area contributed by atoms with Gasteiger partial charge >= 0.3 is 6.09 Å². The van der Waals surface area contributed by atoms with Crippen molar-refractivity contribution >= 4 is 35.1 Å². The van der Waals surface area contributed by atoms with E-state index in [1.807, 2.05) is 11.8 Å². The highest BCUT2D eigenvalue weighted by Crippen LogP contribution is 2.39. The predicted molar refractivity (Wildman–Crippen MR) is 104 cm³/mol. The highest BCUT2D eigenvalue weighted by Gasteiger charge is 2.34. The number of ether oxygens (including phenoxy) is 1. The molecule has 4 rings (SSSR count). The Labute approximate surface area is 162 Å². The lowest BCUT2D eigenvalue weighted by atomic mass is 10.1. The zero-order chi connectivity index (χ0) is 19.0. The lowest BCUT2D eigenvalue weighted by Gasteiger charge is -2.42. The topological polar surface area (TPSA) is 61.9 Å². The molecule has 2 bridgehead atoms. The molecule has 3 aliphatic heterocycles. The SMILES string of the molecule is CC(=O)NCC1CN(c2ccc(N3CC4CCC[C@@H](C3)S4)c(F)c2)C(=O)O1. The molecule has 0 aromatic heterocycles. The Bertz CT molecular complexity index is 735. The number of hydrogen-bond donors (Lipinski definition) is 1. The largest absolute Gasteiger partial charge is 0.442 e. The number of nitrogens with zero attached hydrogens (tertiary/aromatic N) is 2. The fourth-order valence-corrected chi connectivity index (χ4v) is 5.71. The average Bonchev–Trinajstić information content (AvgIpc) is 3.00. The van der Waals surface area contributed by atoms with Gasteiger partial charge in [-0.2, -0.15) is 11.8 Å². The van der Waals surface area contributed by atoms with Crippen LogP contribution in [0, 0.1) is 5.82 Å². The summed E-state index contributed by atoms with van der Waals surface area (Å²) in [5.74, 6) is -0.486. The minimum Gasteiger partial charge on any atom is -0.442 e. The maximum absolute atomic E-state index is 14.9. The Morgan fingerprint density at radius 2 is 2.04 bits per heavy atom. The molecule has 1 aromatic carbocycles. The number of thioether (sulfide) groups is 1. The Hall–Kier alpha value is -1.96. The summed E-state index contributed by atoms with van der Waals surface area (Å²) in [7, 11) is 0. The normalized spacial score (nSPS) is 27.5. The van der Waals surface area contributed by atoms with Crippen LogP contribution in [0.15, 0.2) is 18.2 Å². The molecule has 1 aromatic rings. The summed E-state index contributed by atoms with van der Waals surface area (Å²) in [6.45, 7) is 3.72. The van der Waals surface area contributed by atoms with E-state index in [4.69, 9.17) is 4.74 Å². The second-order valence-corrected chi connectivity index (χ2v) is 9.01. The molecule has 1 N–H and O–H groups in total. The fourth-order valence-electron chi connectivity index (χ4n) is 4.03. The molecule has 3 heterocycles. The molecule has 0 radical (unpaired) electrons. The standard InChI is InChI=1S/C19H24FN3O3S/c1-12(24)21-8-14-9-23(19(25)26-14)13-5-6-18(17(20)7-13)22-10-15-3-2-4-16(11-22)27-15/h5-7,14-16H,2-4,8-11H2,1H3,(H,21,24)/t14?,15-,16?/m0/s1. The molecule has 0 spiro atoms. The Morgan fingerprint density at radius 1 is 1.30 bits per heavy atom. The molecule has 27 heavy (non-hydrogen) atoms. The maximum Gasteiger partial charge on any atom is 0.414 e. The first kappa shape index (κ1) is 18.4. The second kappa shape index (κ2) is 7.58. The van der Waals surface area contributed by atoms with Gasteiger partial charge in [-0.15, -0.1) is 0 Å². The first-order valence-electron chi connectivity index (χ1n) is 9.42. The van der Waals surface area contributed by atoms with Crippen LogP contribution < -0.4 is 15.1 Å². The summed E-state index contributed by atoms with van der Waals surface area (Å²) < 4.78 is 20.1. The number of nitrogens with one attached hydrogen (secondary N) is 1. The molecule has 3 aliphatic rings. The van der Waals surface area contributed by atoms with Gasteiger partial charge in [0.1, 0.15) is 11.9 Å². The maximum atomic E-state index is 14.9. The third-order valence-electron chi connectivity index (χ3n) is 5.32. The number of amides is 2. The van der Waals surface area contributed by atoms with E-state index in [1.165, 1.54) is 37.2 Å². The van der Waals surface area contributed by atoms with Crippen LogP contribution in [-0.4, -0.2) is 54.8 Å². The van der Waals surface area contributed by atoms with Crippen molar-refractivity contribution in [1.29, 1.82) is 0 Å². The van der Waals surface area contributed by atoms with E-state index in [-0.39, 0.29) is 18.3 Å². The van der Waals surface area contributed by atoms with Gasteiger partial charge in [-0.3, -0.25) is 9.69 Å². The molecule has 3 atom stereocenters. The van der Waals surface area contributed by atoms with Crippen LogP contribution in [0.2, 0.25) is 0 Å². The van der Waals surface area contributed by atoms with Crippen LogP contribution in [0.5, 0.6) is 0 Å². The Kier molecular flexibility index (Phi) is 5.16. The van der Waals surface area contributed by atoms with Crippen molar-refractivity contribution in [2.45, 2.75) is 42.8 Å². The van der Waals surface area contributed by atoms with Crippen molar-refractivity contribution in [3.63, 3.8) is 0 Å². The Balaban J connectivity index is 1.45. The fraction of sp³-hybridized carbons (Fsp3) is 0.579. The third kappa shape index (κ3) is 4.00. The van der Waals surface area contributed by atoms with Crippen LogP contribution in [0.1, 0.15) is 26.2 Å². The number of hydrogen-bond acceptors (Lipinski definition) is 5. The van der Waals surface area contributed by atoms with E-state index < -0.39 is 12.2 Å². The third-order valence-corrected chi connectivity index (χ3v) is 6.86. The number of carbonyl (C=O) groups excluding carboxylic acids is 2. The summed E-state index contributed by atoms with van der Waals surface area (Å²) in [6.07, 6.45) is 2.73. The van der Waals surface area contributed by atoms with Crippen LogP contribution in [0.4, 0.5) is 20.6 Å². The molecule has 3 saturated heterocycles. The van der Waals surface area contributed by atoms with Crippen LogP contribution in [-0.2, 0) is 9.53 Å². The lowest BCUT2D eigenvalue weighted by Crippen LogP contribution is -2.45. The molecule has 3 fully saturated rings. The van der Waals surface area contributed by atoms with Crippen molar-refractivity contribution < 1.29 is 18.7 Å². The minimum absolute atomic E-state index is 0.177. The summed E-state index contributed by atoms with van der Waals surface area (Å²) in [6, 6.07) is 4.96. The summed E-state index contributed by atoms with van der Waals surface area (Å²) in [4.78, 5) is 26.7. The number of carbonyl (C=O) groups is 2.